The summed E-state index contributed by atoms with van der Waals surface area (Å²) in [6.07, 6.45) is 0. The number of aliphatic hydroxyl groups is 1. The predicted molar refractivity (Wildman–Crippen MR) is 97.1 cm³/mol. The van der Waals surface area contributed by atoms with Crippen LogP contribution in [-0.4, -0.2) is 35.4 Å². The molecule has 0 aliphatic carbocycles. The van der Waals surface area contributed by atoms with E-state index >= 15 is 0 Å². The summed E-state index contributed by atoms with van der Waals surface area (Å²) < 4.78 is 19.0. The maximum Gasteiger partial charge on any atom is 0.289 e. The molecule has 1 aliphatic rings. The Kier molecular flexibility index (Phi) is 5.32. The monoisotopic (exact) mass is 390 g/mol. The first-order valence-electron chi connectivity index (χ1n) is 8.03. The average Bonchev–Trinajstić information content (AvgIpc) is 2.91. The molecule has 2 amide bonds. The molecule has 0 saturated carbocycles. The van der Waals surface area contributed by atoms with Crippen molar-refractivity contribution in [2.75, 3.05) is 13.6 Å². The third kappa shape index (κ3) is 4.20. The second-order valence-corrected chi connectivity index (χ2v) is 6.40. The molecule has 0 unspecified atom stereocenters. The second-order valence-electron chi connectivity index (χ2n) is 5.99. The first-order valence-corrected chi connectivity index (χ1v) is 8.40. The third-order valence-corrected chi connectivity index (χ3v) is 4.31. The Labute approximate surface area is 159 Å². The van der Waals surface area contributed by atoms with Gasteiger partial charge in [0.25, 0.3) is 11.8 Å². The van der Waals surface area contributed by atoms with E-state index in [1.54, 1.807) is 30.3 Å². The summed E-state index contributed by atoms with van der Waals surface area (Å²) in [5.41, 5.74) is 0.836. The summed E-state index contributed by atoms with van der Waals surface area (Å²) in [5.74, 6) is -1.34. The van der Waals surface area contributed by atoms with Crippen molar-refractivity contribution in [3.63, 3.8) is 0 Å². The van der Waals surface area contributed by atoms with E-state index in [1.807, 2.05) is 0 Å². The van der Waals surface area contributed by atoms with Crippen LogP contribution < -0.4 is 10.1 Å². The van der Waals surface area contributed by atoms with Crippen molar-refractivity contribution in [3.8, 4) is 11.5 Å². The first kappa shape index (κ1) is 18.7. The molecule has 8 heteroatoms. The highest BCUT2D eigenvalue weighted by Crippen LogP contribution is 2.25. The van der Waals surface area contributed by atoms with Gasteiger partial charge < -0.3 is 20.1 Å². The molecule has 1 heterocycles. The minimum absolute atomic E-state index is 0.0183. The number of halogens is 2. The largest absolute Gasteiger partial charge is 0.503 e. The Bertz CT molecular complexity index is 928. The standard InChI is InChI=1S/C19H16ClFN2O4/c1-23-10-14(17(24)19(23)26)18(25)22-9-11-2-4-12(5-3-11)27-13-6-7-15(20)16(21)8-13/h2-8,24H,9-10H2,1H3,(H,22,25). The Morgan fingerprint density at radius 1 is 1.26 bits per heavy atom. The number of likely N-dealkylation sites (N-methyl/N-ethyl adjacent to an activating group) is 1. The van der Waals surface area contributed by atoms with Crippen molar-refractivity contribution in [1.82, 2.24) is 10.2 Å². The van der Waals surface area contributed by atoms with E-state index in [9.17, 15) is 19.1 Å². The molecule has 0 aromatic heterocycles. The molecule has 2 aromatic rings. The van der Waals surface area contributed by atoms with Gasteiger partial charge in [-0.05, 0) is 29.8 Å². The van der Waals surface area contributed by atoms with Gasteiger partial charge in [-0.1, -0.05) is 23.7 Å². The van der Waals surface area contributed by atoms with Crippen molar-refractivity contribution in [2.45, 2.75) is 6.54 Å². The van der Waals surface area contributed by atoms with Gasteiger partial charge >= 0.3 is 0 Å². The number of carbonyl (C=O) groups excluding carboxylic acids is 2. The number of benzene rings is 2. The van der Waals surface area contributed by atoms with Crippen molar-refractivity contribution >= 4 is 23.4 Å². The lowest BCUT2D eigenvalue weighted by Gasteiger charge is -2.09. The van der Waals surface area contributed by atoms with E-state index in [-0.39, 0.29) is 23.7 Å². The number of nitrogens with zero attached hydrogens (tertiary/aromatic N) is 1. The van der Waals surface area contributed by atoms with Crippen molar-refractivity contribution in [2.24, 2.45) is 0 Å². The lowest BCUT2D eigenvalue weighted by atomic mass is 10.2. The second kappa shape index (κ2) is 7.67. The number of hydrogen-bond acceptors (Lipinski definition) is 4. The van der Waals surface area contributed by atoms with E-state index in [4.69, 9.17) is 16.3 Å². The molecular formula is C19H16ClFN2O4. The molecule has 0 bridgehead atoms. The molecule has 3 rings (SSSR count). The number of rotatable bonds is 5. The van der Waals surface area contributed by atoms with E-state index in [0.29, 0.717) is 11.5 Å². The van der Waals surface area contributed by atoms with Crippen LogP contribution in [0.2, 0.25) is 5.02 Å². The topological polar surface area (TPSA) is 78.9 Å². The molecular weight excluding hydrogens is 375 g/mol. The minimum atomic E-state index is -0.569. The summed E-state index contributed by atoms with van der Waals surface area (Å²) in [6, 6.07) is 11.0. The number of ether oxygens (including phenoxy) is 1. The van der Waals surface area contributed by atoms with Crippen LogP contribution in [0.5, 0.6) is 11.5 Å². The average molecular weight is 391 g/mol. The van der Waals surface area contributed by atoms with E-state index < -0.39 is 23.4 Å². The SMILES string of the molecule is CN1CC(C(=O)NCc2ccc(Oc3ccc(Cl)c(F)c3)cc2)=C(O)C1=O. The fourth-order valence-corrected chi connectivity index (χ4v) is 2.63. The third-order valence-electron chi connectivity index (χ3n) is 4.01. The van der Waals surface area contributed by atoms with Gasteiger partial charge in [-0.25, -0.2) is 4.39 Å². The molecule has 6 nitrogen and oxygen atoms in total. The highest BCUT2D eigenvalue weighted by Gasteiger charge is 2.31. The van der Waals surface area contributed by atoms with Crippen LogP contribution >= 0.6 is 11.6 Å². The van der Waals surface area contributed by atoms with Crippen LogP contribution in [-0.2, 0) is 16.1 Å². The molecule has 0 fully saturated rings. The van der Waals surface area contributed by atoms with Crippen LogP contribution in [0.25, 0.3) is 0 Å². The zero-order valence-corrected chi connectivity index (χ0v) is 15.1. The molecule has 27 heavy (non-hydrogen) atoms. The van der Waals surface area contributed by atoms with Gasteiger partial charge in [0.1, 0.15) is 17.3 Å². The fourth-order valence-electron chi connectivity index (χ4n) is 2.51. The molecule has 2 aromatic carbocycles. The van der Waals surface area contributed by atoms with Crippen molar-refractivity contribution in [1.29, 1.82) is 0 Å². The molecule has 140 valence electrons. The van der Waals surface area contributed by atoms with Gasteiger partial charge in [-0.3, -0.25) is 9.59 Å². The van der Waals surface area contributed by atoms with Crippen LogP contribution in [0.1, 0.15) is 5.56 Å². The van der Waals surface area contributed by atoms with Gasteiger partial charge in [0.2, 0.25) is 0 Å². The first-order chi connectivity index (χ1) is 12.8. The van der Waals surface area contributed by atoms with Crippen molar-refractivity contribution < 1.29 is 23.8 Å². The lowest BCUT2D eigenvalue weighted by molar-refractivity contribution is -0.126. The van der Waals surface area contributed by atoms with Gasteiger partial charge in [0.15, 0.2) is 5.76 Å². The molecule has 0 radical (unpaired) electrons. The summed E-state index contributed by atoms with van der Waals surface area (Å²) in [6.45, 7) is 0.282. The summed E-state index contributed by atoms with van der Waals surface area (Å²) >= 11 is 5.63. The molecule has 0 atom stereocenters. The lowest BCUT2D eigenvalue weighted by Crippen LogP contribution is -2.27. The number of nitrogens with one attached hydrogen (secondary N) is 1. The zero-order chi connectivity index (χ0) is 19.6. The van der Waals surface area contributed by atoms with Crippen LogP contribution in [0, 0.1) is 5.82 Å². The van der Waals surface area contributed by atoms with Crippen LogP contribution in [0.3, 0.4) is 0 Å². The maximum atomic E-state index is 13.4. The van der Waals surface area contributed by atoms with Gasteiger partial charge in [0, 0.05) is 19.7 Å². The normalized spacial score (nSPS) is 13.9. The number of hydrogen-bond donors (Lipinski definition) is 2. The molecule has 2 N–H and O–H groups in total. The highest BCUT2D eigenvalue weighted by atomic mass is 35.5. The van der Waals surface area contributed by atoms with Gasteiger partial charge in [0.05, 0.1) is 17.1 Å². The summed E-state index contributed by atoms with van der Waals surface area (Å²) in [7, 11) is 1.50. The zero-order valence-electron chi connectivity index (χ0n) is 14.3. The molecule has 1 aliphatic heterocycles. The number of amides is 2. The van der Waals surface area contributed by atoms with E-state index in [1.165, 1.54) is 24.1 Å². The van der Waals surface area contributed by atoms with E-state index in [2.05, 4.69) is 5.32 Å². The Balaban J connectivity index is 1.58. The Hall–Kier alpha value is -3.06. The maximum absolute atomic E-state index is 13.4. The molecule has 0 spiro atoms. The van der Waals surface area contributed by atoms with Gasteiger partial charge in [-0.15, -0.1) is 0 Å². The van der Waals surface area contributed by atoms with Crippen LogP contribution in [0.15, 0.2) is 53.8 Å². The Morgan fingerprint density at radius 2 is 1.93 bits per heavy atom. The fraction of sp³-hybridized carbons (Fsp3) is 0.158. The van der Waals surface area contributed by atoms with Crippen molar-refractivity contribution in [3.05, 3.63) is 70.2 Å². The molecule has 0 saturated heterocycles. The highest BCUT2D eigenvalue weighted by molar-refractivity contribution is 6.30. The quantitative estimate of drug-likeness (QED) is 0.822. The van der Waals surface area contributed by atoms with E-state index in [0.717, 1.165) is 5.56 Å². The summed E-state index contributed by atoms with van der Waals surface area (Å²) in [5, 5.41) is 12.4. The smallest absolute Gasteiger partial charge is 0.289 e. The number of aliphatic hydroxyl groups excluding tert-OH is 1. The minimum Gasteiger partial charge on any atom is -0.503 e. The Morgan fingerprint density at radius 3 is 2.52 bits per heavy atom. The number of carbonyl (C=O) groups is 2. The predicted octanol–water partition coefficient (Wildman–Crippen LogP) is 3.17. The van der Waals surface area contributed by atoms with Gasteiger partial charge in [-0.2, -0.15) is 0 Å². The summed E-state index contributed by atoms with van der Waals surface area (Å²) in [4.78, 5) is 24.9. The van der Waals surface area contributed by atoms with Crippen LogP contribution in [0.4, 0.5) is 4.39 Å².